The highest BCUT2D eigenvalue weighted by molar-refractivity contribution is 5.81. The molecule has 0 saturated heterocycles. The molecule has 3 atom stereocenters. The van der Waals surface area contributed by atoms with Crippen molar-refractivity contribution in [1.82, 2.24) is 5.32 Å². The molecule has 23 heavy (non-hydrogen) atoms. The van der Waals surface area contributed by atoms with Crippen molar-refractivity contribution in [3.63, 3.8) is 0 Å². The summed E-state index contributed by atoms with van der Waals surface area (Å²) in [5.41, 5.74) is 1.26. The van der Waals surface area contributed by atoms with Crippen LogP contribution < -0.4 is 15.7 Å². The van der Waals surface area contributed by atoms with Crippen molar-refractivity contribution in [2.24, 2.45) is 11.8 Å². The van der Waals surface area contributed by atoms with Crippen LogP contribution in [0.2, 0.25) is 0 Å². The van der Waals surface area contributed by atoms with Crippen molar-refractivity contribution in [2.75, 3.05) is 7.11 Å². The number of ether oxygens (including phenoxy) is 1. The summed E-state index contributed by atoms with van der Waals surface area (Å²) >= 11 is 0. The van der Waals surface area contributed by atoms with Gasteiger partial charge in [0.1, 0.15) is 11.3 Å². The maximum atomic E-state index is 11.8. The first-order valence-corrected chi connectivity index (χ1v) is 8.42. The third-order valence-corrected chi connectivity index (χ3v) is 5.30. The zero-order chi connectivity index (χ0) is 16.4. The van der Waals surface area contributed by atoms with Crippen LogP contribution in [0, 0.1) is 11.8 Å². The first-order chi connectivity index (χ1) is 11.1. The molecule has 1 fully saturated rings. The first kappa shape index (κ1) is 16.1. The minimum atomic E-state index is -0.312. The molecule has 3 unspecified atom stereocenters. The Hall–Kier alpha value is -1.81. The minimum Gasteiger partial charge on any atom is -0.497 e. The quantitative estimate of drug-likeness (QED) is 0.874. The van der Waals surface area contributed by atoms with Gasteiger partial charge in [0.2, 0.25) is 0 Å². The molecule has 2 aromatic rings. The van der Waals surface area contributed by atoms with E-state index in [2.05, 4.69) is 19.2 Å². The third kappa shape index (κ3) is 3.42. The molecule has 4 nitrogen and oxygen atoms in total. The minimum absolute atomic E-state index is 0.312. The standard InChI is InChI=1S/C19H25NO3/c1-12-5-4-6-17(13(12)2)20-11-14-9-19(21)23-18-10-15(22-3)7-8-16(14)18/h7-10,12-13,17,20H,4-6,11H2,1-3H3. The summed E-state index contributed by atoms with van der Waals surface area (Å²) in [5.74, 6) is 2.11. The number of hydrogen-bond donors (Lipinski definition) is 1. The van der Waals surface area contributed by atoms with Crippen molar-refractivity contribution in [3.05, 3.63) is 40.2 Å². The lowest BCUT2D eigenvalue weighted by Crippen LogP contribution is -2.40. The molecule has 3 rings (SSSR count). The molecular formula is C19H25NO3. The van der Waals surface area contributed by atoms with Crippen molar-refractivity contribution in [2.45, 2.75) is 45.7 Å². The average Bonchev–Trinajstić information content (AvgIpc) is 2.55. The van der Waals surface area contributed by atoms with Crippen molar-refractivity contribution >= 4 is 11.0 Å². The summed E-state index contributed by atoms with van der Waals surface area (Å²) in [6.45, 7) is 5.34. The number of nitrogens with one attached hydrogen (secondary N) is 1. The van der Waals surface area contributed by atoms with E-state index in [1.54, 1.807) is 19.2 Å². The molecule has 1 aromatic carbocycles. The summed E-state index contributed by atoms with van der Waals surface area (Å²) in [4.78, 5) is 11.8. The number of benzene rings is 1. The van der Waals surface area contributed by atoms with Crippen molar-refractivity contribution in [1.29, 1.82) is 0 Å². The summed E-state index contributed by atoms with van der Waals surface area (Å²) < 4.78 is 10.5. The van der Waals surface area contributed by atoms with E-state index >= 15 is 0 Å². The summed E-state index contributed by atoms with van der Waals surface area (Å²) in [6, 6.07) is 7.74. The fourth-order valence-corrected chi connectivity index (χ4v) is 3.59. The average molecular weight is 315 g/mol. The number of methoxy groups -OCH3 is 1. The molecular weight excluding hydrogens is 290 g/mol. The highest BCUT2D eigenvalue weighted by Gasteiger charge is 2.26. The van der Waals surface area contributed by atoms with E-state index in [1.165, 1.54) is 19.3 Å². The zero-order valence-electron chi connectivity index (χ0n) is 14.1. The van der Waals surface area contributed by atoms with Gasteiger partial charge >= 0.3 is 5.63 Å². The van der Waals surface area contributed by atoms with Crippen LogP contribution in [-0.4, -0.2) is 13.2 Å². The van der Waals surface area contributed by atoms with Crippen LogP contribution in [0.1, 0.15) is 38.7 Å². The van der Waals surface area contributed by atoms with Gasteiger partial charge in [-0.25, -0.2) is 4.79 Å². The Morgan fingerprint density at radius 3 is 2.87 bits per heavy atom. The predicted octanol–water partition coefficient (Wildman–Crippen LogP) is 3.72. The molecule has 4 heteroatoms. The Balaban J connectivity index is 1.83. The second-order valence-corrected chi connectivity index (χ2v) is 6.71. The first-order valence-electron chi connectivity index (χ1n) is 8.42. The summed E-state index contributed by atoms with van der Waals surface area (Å²) in [6.07, 6.45) is 3.80. The van der Waals surface area contributed by atoms with E-state index in [0.717, 1.165) is 16.9 Å². The van der Waals surface area contributed by atoms with E-state index in [1.807, 2.05) is 12.1 Å². The number of hydrogen-bond acceptors (Lipinski definition) is 4. The van der Waals surface area contributed by atoms with E-state index in [0.29, 0.717) is 29.8 Å². The Morgan fingerprint density at radius 2 is 2.09 bits per heavy atom. The van der Waals surface area contributed by atoms with Crippen LogP contribution in [0.25, 0.3) is 11.0 Å². The van der Waals surface area contributed by atoms with Gasteiger partial charge in [-0.1, -0.05) is 26.7 Å². The van der Waals surface area contributed by atoms with Crippen molar-refractivity contribution in [3.8, 4) is 5.75 Å². The number of fused-ring (bicyclic) bond motifs is 1. The molecule has 1 aliphatic rings. The normalized spacial score (nSPS) is 24.7. The lowest BCUT2D eigenvalue weighted by Gasteiger charge is -2.34. The SMILES string of the molecule is COc1ccc2c(CNC3CCCC(C)C3C)cc(=O)oc2c1. The second-order valence-electron chi connectivity index (χ2n) is 6.71. The summed E-state index contributed by atoms with van der Waals surface area (Å²) in [7, 11) is 1.61. The molecule has 1 aromatic heterocycles. The van der Waals surface area contributed by atoms with Gasteiger partial charge in [-0.15, -0.1) is 0 Å². The van der Waals surface area contributed by atoms with Gasteiger partial charge in [-0.05, 0) is 36.0 Å². The Bertz CT molecular complexity index is 737. The molecule has 1 saturated carbocycles. The monoisotopic (exact) mass is 315 g/mol. The highest BCUT2D eigenvalue weighted by Crippen LogP contribution is 2.30. The second kappa shape index (κ2) is 6.75. The van der Waals surface area contributed by atoms with Gasteiger partial charge in [-0.3, -0.25) is 0 Å². The fraction of sp³-hybridized carbons (Fsp3) is 0.526. The van der Waals surface area contributed by atoms with Gasteiger partial charge < -0.3 is 14.5 Å². The molecule has 1 N–H and O–H groups in total. The van der Waals surface area contributed by atoms with E-state index in [9.17, 15) is 4.79 Å². The fourth-order valence-electron chi connectivity index (χ4n) is 3.59. The third-order valence-electron chi connectivity index (χ3n) is 5.30. The molecule has 0 bridgehead atoms. The Kier molecular flexibility index (Phi) is 4.71. The lowest BCUT2D eigenvalue weighted by molar-refractivity contribution is 0.206. The summed E-state index contributed by atoms with van der Waals surface area (Å²) in [5, 5.41) is 4.62. The van der Waals surface area contributed by atoms with Crippen LogP contribution in [-0.2, 0) is 6.54 Å². The van der Waals surface area contributed by atoms with Crippen LogP contribution in [0.5, 0.6) is 5.75 Å². The Morgan fingerprint density at radius 1 is 1.26 bits per heavy atom. The number of rotatable bonds is 4. The van der Waals surface area contributed by atoms with Crippen LogP contribution in [0.3, 0.4) is 0 Å². The van der Waals surface area contributed by atoms with Crippen LogP contribution in [0.15, 0.2) is 33.5 Å². The maximum absolute atomic E-state index is 11.8. The molecule has 1 aliphatic carbocycles. The van der Waals surface area contributed by atoms with E-state index < -0.39 is 0 Å². The van der Waals surface area contributed by atoms with Crippen LogP contribution >= 0.6 is 0 Å². The molecule has 0 aliphatic heterocycles. The zero-order valence-corrected chi connectivity index (χ0v) is 14.1. The Labute approximate surface area is 136 Å². The molecule has 0 radical (unpaired) electrons. The largest absolute Gasteiger partial charge is 0.497 e. The topological polar surface area (TPSA) is 51.5 Å². The van der Waals surface area contributed by atoms with Gasteiger partial charge in [0.15, 0.2) is 0 Å². The van der Waals surface area contributed by atoms with Gasteiger partial charge in [0.25, 0.3) is 0 Å². The molecule has 0 amide bonds. The molecule has 124 valence electrons. The predicted molar refractivity (Wildman–Crippen MR) is 91.8 cm³/mol. The van der Waals surface area contributed by atoms with Gasteiger partial charge in [0, 0.05) is 30.1 Å². The smallest absolute Gasteiger partial charge is 0.336 e. The van der Waals surface area contributed by atoms with Crippen LogP contribution in [0.4, 0.5) is 0 Å². The lowest BCUT2D eigenvalue weighted by atomic mass is 9.78. The van der Waals surface area contributed by atoms with Gasteiger partial charge in [-0.2, -0.15) is 0 Å². The molecule has 1 heterocycles. The highest BCUT2D eigenvalue weighted by atomic mass is 16.5. The van der Waals surface area contributed by atoms with E-state index in [4.69, 9.17) is 9.15 Å². The molecule has 0 spiro atoms. The maximum Gasteiger partial charge on any atom is 0.336 e. The van der Waals surface area contributed by atoms with Crippen molar-refractivity contribution < 1.29 is 9.15 Å². The van der Waals surface area contributed by atoms with E-state index in [-0.39, 0.29) is 5.63 Å². The van der Waals surface area contributed by atoms with Gasteiger partial charge in [0.05, 0.1) is 7.11 Å².